The van der Waals surface area contributed by atoms with E-state index in [0.29, 0.717) is 0 Å². The molecule has 2 nitrogen and oxygen atoms in total. The summed E-state index contributed by atoms with van der Waals surface area (Å²) in [6.45, 7) is 2.01. The standard InChI is InChI=1S/C16H20N2/c1-12(17)14-5-4-6-15(11-14)13-7-9-16(10-8-13)18(2)3/h4-12H,17H2,1-3H3. The number of nitrogens with zero attached hydrogens (tertiary/aromatic N) is 1. The maximum Gasteiger partial charge on any atom is 0.0361 e. The minimum atomic E-state index is 0.0750. The average Bonchev–Trinajstić information content (AvgIpc) is 2.39. The van der Waals surface area contributed by atoms with Crippen molar-refractivity contribution in [3.8, 4) is 11.1 Å². The van der Waals surface area contributed by atoms with Crippen LogP contribution in [0.1, 0.15) is 18.5 Å². The van der Waals surface area contributed by atoms with Gasteiger partial charge in [-0.15, -0.1) is 0 Å². The van der Waals surface area contributed by atoms with Crippen LogP contribution < -0.4 is 10.6 Å². The van der Waals surface area contributed by atoms with Gasteiger partial charge < -0.3 is 10.6 Å². The van der Waals surface area contributed by atoms with E-state index in [-0.39, 0.29) is 6.04 Å². The molecule has 2 aromatic carbocycles. The Bertz CT molecular complexity index is 513. The number of hydrogen-bond acceptors (Lipinski definition) is 2. The number of rotatable bonds is 3. The Morgan fingerprint density at radius 1 is 0.944 bits per heavy atom. The van der Waals surface area contributed by atoms with Gasteiger partial charge in [0.1, 0.15) is 0 Å². The topological polar surface area (TPSA) is 29.3 Å². The van der Waals surface area contributed by atoms with Crippen LogP contribution in [-0.2, 0) is 0 Å². The molecule has 0 bridgehead atoms. The fourth-order valence-corrected chi connectivity index (χ4v) is 1.95. The molecule has 0 spiro atoms. The lowest BCUT2D eigenvalue weighted by molar-refractivity contribution is 0.819. The van der Waals surface area contributed by atoms with Gasteiger partial charge >= 0.3 is 0 Å². The molecule has 0 saturated carbocycles. The lowest BCUT2D eigenvalue weighted by atomic mass is 10.0. The van der Waals surface area contributed by atoms with Gasteiger partial charge in [-0.1, -0.05) is 30.3 Å². The van der Waals surface area contributed by atoms with E-state index >= 15 is 0 Å². The Hall–Kier alpha value is -1.80. The highest BCUT2D eigenvalue weighted by molar-refractivity contribution is 5.67. The molecule has 0 aliphatic heterocycles. The molecule has 0 amide bonds. The van der Waals surface area contributed by atoms with Crippen LogP contribution in [0.3, 0.4) is 0 Å². The van der Waals surface area contributed by atoms with Gasteiger partial charge in [0.05, 0.1) is 0 Å². The van der Waals surface area contributed by atoms with E-state index in [1.807, 2.05) is 21.0 Å². The zero-order valence-electron chi connectivity index (χ0n) is 11.2. The van der Waals surface area contributed by atoms with Crippen molar-refractivity contribution in [1.29, 1.82) is 0 Å². The summed E-state index contributed by atoms with van der Waals surface area (Å²) in [5.41, 5.74) is 10.7. The van der Waals surface area contributed by atoms with Crippen LogP contribution in [0.25, 0.3) is 11.1 Å². The molecular formula is C16H20N2. The summed E-state index contributed by atoms with van der Waals surface area (Å²) < 4.78 is 0. The minimum Gasteiger partial charge on any atom is -0.378 e. The van der Waals surface area contributed by atoms with Crippen molar-refractivity contribution in [3.05, 3.63) is 54.1 Å². The molecule has 0 aliphatic rings. The van der Waals surface area contributed by atoms with Gasteiger partial charge in [-0.25, -0.2) is 0 Å². The average molecular weight is 240 g/mol. The van der Waals surface area contributed by atoms with Crippen molar-refractivity contribution >= 4 is 5.69 Å². The van der Waals surface area contributed by atoms with Gasteiger partial charge in [0, 0.05) is 25.8 Å². The third kappa shape index (κ3) is 2.71. The van der Waals surface area contributed by atoms with Gasteiger partial charge in [-0.2, -0.15) is 0 Å². The van der Waals surface area contributed by atoms with Gasteiger partial charge in [-0.3, -0.25) is 0 Å². The summed E-state index contributed by atoms with van der Waals surface area (Å²) in [5, 5.41) is 0. The smallest absolute Gasteiger partial charge is 0.0361 e. The van der Waals surface area contributed by atoms with Gasteiger partial charge in [0.25, 0.3) is 0 Å². The predicted molar refractivity (Wildman–Crippen MR) is 78.8 cm³/mol. The number of benzene rings is 2. The molecule has 1 unspecified atom stereocenters. The van der Waals surface area contributed by atoms with Crippen LogP contribution in [0.4, 0.5) is 5.69 Å². The molecule has 0 saturated heterocycles. The molecule has 2 rings (SSSR count). The maximum absolute atomic E-state index is 5.92. The first-order chi connectivity index (χ1) is 8.58. The zero-order valence-corrected chi connectivity index (χ0v) is 11.2. The van der Waals surface area contributed by atoms with E-state index in [1.54, 1.807) is 0 Å². The minimum absolute atomic E-state index is 0.0750. The lowest BCUT2D eigenvalue weighted by Gasteiger charge is -2.13. The maximum atomic E-state index is 5.92. The molecule has 18 heavy (non-hydrogen) atoms. The molecular weight excluding hydrogens is 220 g/mol. The molecule has 0 heterocycles. The second kappa shape index (κ2) is 5.23. The molecule has 0 fully saturated rings. The number of nitrogens with two attached hydrogens (primary N) is 1. The largest absolute Gasteiger partial charge is 0.378 e. The first-order valence-corrected chi connectivity index (χ1v) is 6.21. The Labute approximate surface area is 109 Å². The van der Waals surface area contributed by atoms with Crippen LogP contribution in [-0.4, -0.2) is 14.1 Å². The highest BCUT2D eigenvalue weighted by atomic mass is 15.1. The molecule has 0 aromatic heterocycles. The summed E-state index contributed by atoms with van der Waals surface area (Å²) in [7, 11) is 4.09. The van der Waals surface area contributed by atoms with Crippen LogP contribution in [0.2, 0.25) is 0 Å². The molecule has 2 aromatic rings. The van der Waals surface area contributed by atoms with Crippen LogP contribution in [0, 0.1) is 0 Å². The van der Waals surface area contributed by atoms with Gasteiger partial charge in [-0.05, 0) is 41.8 Å². The summed E-state index contributed by atoms with van der Waals surface area (Å²) in [6, 6.07) is 17.1. The zero-order chi connectivity index (χ0) is 13.1. The van der Waals surface area contributed by atoms with Crippen LogP contribution in [0.15, 0.2) is 48.5 Å². The predicted octanol–water partition coefficient (Wildman–Crippen LogP) is 3.44. The molecule has 2 heteroatoms. The molecule has 2 N–H and O–H groups in total. The second-order valence-electron chi connectivity index (χ2n) is 4.86. The Morgan fingerprint density at radius 3 is 2.17 bits per heavy atom. The Morgan fingerprint density at radius 2 is 1.61 bits per heavy atom. The first-order valence-electron chi connectivity index (χ1n) is 6.21. The van der Waals surface area contributed by atoms with E-state index in [2.05, 4.69) is 53.4 Å². The molecule has 0 radical (unpaired) electrons. The third-order valence-electron chi connectivity index (χ3n) is 3.13. The van der Waals surface area contributed by atoms with E-state index < -0.39 is 0 Å². The van der Waals surface area contributed by atoms with E-state index in [9.17, 15) is 0 Å². The fraction of sp³-hybridized carbons (Fsp3) is 0.250. The van der Waals surface area contributed by atoms with Crippen molar-refractivity contribution in [2.75, 3.05) is 19.0 Å². The van der Waals surface area contributed by atoms with Crippen molar-refractivity contribution in [2.24, 2.45) is 5.73 Å². The Balaban J connectivity index is 2.33. The second-order valence-corrected chi connectivity index (χ2v) is 4.86. The number of hydrogen-bond donors (Lipinski definition) is 1. The number of anilines is 1. The highest BCUT2D eigenvalue weighted by Gasteiger charge is 2.03. The van der Waals surface area contributed by atoms with Gasteiger partial charge in [0.15, 0.2) is 0 Å². The van der Waals surface area contributed by atoms with Crippen molar-refractivity contribution < 1.29 is 0 Å². The summed E-state index contributed by atoms with van der Waals surface area (Å²) >= 11 is 0. The summed E-state index contributed by atoms with van der Waals surface area (Å²) in [6.07, 6.45) is 0. The molecule has 0 aliphatic carbocycles. The third-order valence-corrected chi connectivity index (χ3v) is 3.13. The monoisotopic (exact) mass is 240 g/mol. The van der Waals surface area contributed by atoms with Crippen molar-refractivity contribution in [1.82, 2.24) is 0 Å². The van der Waals surface area contributed by atoms with E-state index in [0.717, 1.165) is 0 Å². The van der Waals surface area contributed by atoms with E-state index in [1.165, 1.54) is 22.4 Å². The quantitative estimate of drug-likeness (QED) is 0.890. The highest BCUT2D eigenvalue weighted by Crippen LogP contribution is 2.24. The fourth-order valence-electron chi connectivity index (χ4n) is 1.95. The lowest BCUT2D eigenvalue weighted by Crippen LogP contribution is -2.08. The summed E-state index contributed by atoms with van der Waals surface area (Å²) in [4.78, 5) is 2.10. The van der Waals surface area contributed by atoms with Crippen molar-refractivity contribution in [3.63, 3.8) is 0 Å². The first kappa shape index (κ1) is 12.7. The van der Waals surface area contributed by atoms with Gasteiger partial charge in [0.2, 0.25) is 0 Å². The molecule has 94 valence electrons. The summed E-state index contributed by atoms with van der Waals surface area (Å²) in [5.74, 6) is 0. The van der Waals surface area contributed by atoms with Crippen LogP contribution in [0.5, 0.6) is 0 Å². The molecule has 1 atom stereocenters. The van der Waals surface area contributed by atoms with Crippen LogP contribution >= 0.6 is 0 Å². The van der Waals surface area contributed by atoms with E-state index in [4.69, 9.17) is 5.73 Å². The normalized spacial score (nSPS) is 12.2. The SMILES string of the molecule is CC(N)c1cccc(-c2ccc(N(C)C)cc2)c1. The Kier molecular flexibility index (Phi) is 3.68. The van der Waals surface area contributed by atoms with Crippen molar-refractivity contribution in [2.45, 2.75) is 13.0 Å².